The lowest BCUT2D eigenvalue weighted by molar-refractivity contribution is 0.0698. The minimum Gasteiger partial charge on any atom is -0.492 e. The molecule has 3 aromatic rings. The van der Waals surface area contributed by atoms with Crippen LogP contribution in [-0.2, 0) is 6.54 Å². The minimum atomic E-state index is -0.908. The van der Waals surface area contributed by atoms with Crippen LogP contribution in [0.1, 0.15) is 35.5 Å². The van der Waals surface area contributed by atoms with Gasteiger partial charge < -0.3 is 19.3 Å². The monoisotopic (exact) mass is 380 g/mol. The molecule has 2 aromatic carbocycles. The number of likely N-dealkylation sites (N-methyl/N-ethyl adjacent to an activating group) is 1. The van der Waals surface area contributed by atoms with E-state index in [1.54, 1.807) is 0 Å². The summed E-state index contributed by atoms with van der Waals surface area (Å²) in [5.74, 6) is -0.200. The Balaban J connectivity index is 1.91. The van der Waals surface area contributed by atoms with E-state index in [2.05, 4.69) is 35.4 Å². The van der Waals surface area contributed by atoms with Crippen LogP contribution in [0, 0.1) is 6.92 Å². The lowest BCUT2D eigenvalue weighted by Gasteiger charge is -2.18. The molecule has 0 aliphatic heterocycles. The van der Waals surface area contributed by atoms with Gasteiger partial charge in [0.25, 0.3) is 0 Å². The summed E-state index contributed by atoms with van der Waals surface area (Å²) in [5.41, 5.74) is 3.15. The number of hydrogen-bond acceptors (Lipinski definition) is 3. The molecular weight excluding hydrogens is 352 g/mol. The number of hydrogen-bond donors (Lipinski definition) is 1. The number of aromatic carboxylic acids is 1. The van der Waals surface area contributed by atoms with Crippen LogP contribution in [0.3, 0.4) is 0 Å². The maximum absolute atomic E-state index is 11.9. The Labute approximate surface area is 166 Å². The standard InChI is InChI=1S/C23H28N2O3/c1-4-24(5-2)13-14-28-19-11-12-21-20(15-19)22(23(26)27)17(3)25(21)16-18-9-7-6-8-10-18/h6-12,15H,4-5,13-14,16H2,1-3H3,(H,26,27). The summed E-state index contributed by atoms with van der Waals surface area (Å²) in [7, 11) is 0. The summed E-state index contributed by atoms with van der Waals surface area (Å²) in [4.78, 5) is 14.2. The lowest BCUT2D eigenvalue weighted by Crippen LogP contribution is -2.27. The molecule has 1 N–H and O–H groups in total. The molecule has 5 heteroatoms. The van der Waals surface area contributed by atoms with Crippen molar-refractivity contribution in [3.05, 3.63) is 65.4 Å². The molecule has 0 saturated carbocycles. The zero-order chi connectivity index (χ0) is 20.1. The van der Waals surface area contributed by atoms with Crippen LogP contribution in [0.5, 0.6) is 5.75 Å². The van der Waals surface area contributed by atoms with Gasteiger partial charge in [-0.1, -0.05) is 44.2 Å². The predicted molar refractivity (Wildman–Crippen MR) is 112 cm³/mol. The van der Waals surface area contributed by atoms with Crippen LogP contribution in [0.2, 0.25) is 0 Å². The van der Waals surface area contributed by atoms with Crippen molar-refractivity contribution in [1.29, 1.82) is 0 Å². The first kappa shape index (κ1) is 20.0. The van der Waals surface area contributed by atoms with Crippen LogP contribution < -0.4 is 4.74 Å². The minimum absolute atomic E-state index is 0.347. The third-order valence-electron chi connectivity index (χ3n) is 5.26. The average Bonchev–Trinajstić information content (AvgIpc) is 2.97. The highest BCUT2D eigenvalue weighted by Crippen LogP contribution is 2.30. The Hall–Kier alpha value is -2.79. The van der Waals surface area contributed by atoms with Crippen LogP contribution in [0.25, 0.3) is 10.9 Å². The predicted octanol–water partition coefficient (Wildman–Crippen LogP) is 4.42. The molecule has 1 aromatic heterocycles. The van der Waals surface area contributed by atoms with Gasteiger partial charge in [0, 0.05) is 29.7 Å². The third kappa shape index (κ3) is 4.20. The molecule has 3 rings (SSSR count). The number of carboxylic acids is 1. The molecule has 1 heterocycles. The zero-order valence-electron chi connectivity index (χ0n) is 16.8. The smallest absolute Gasteiger partial charge is 0.338 e. The lowest BCUT2D eigenvalue weighted by atomic mass is 10.1. The summed E-state index contributed by atoms with van der Waals surface area (Å²) >= 11 is 0. The molecule has 148 valence electrons. The summed E-state index contributed by atoms with van der Waals surface area (Å²) in [6.45, 7) is 10.2. The van der Waals surface area contributed by atoms with Crippen LogP contribution in [0.4, 0.5) is 0 Å². The normalized spacial score (nSPS) is 11.3. The van der Waals surface area contributed by atoms with Gasteiger partial charge >= 0.3 is 5.97 Å². The van der Waals surface area contributed by atoms with Gasteiger partial charge in [-0.25, -0.2) is 4.79 Å². The first-order chi connectivity index (χ1) is 13.5. The van der Waals surface area contributed by atoms with Crippen molar-refractivity contribution in [3.63, 3.8) is 0 Å². The summed E-state index contributed by atoms with van der Waals surface area (Å²) in [6.07, 6.45) is 0. The number of aromatic nitrogens is 1. The fraction of sp³-hybridized carbons (Fsp3) is 0.348. The van der Waals surface area contributed by atoms with E-state index in [0.717, 1.165) is 41.8 Å². The van der Waals surface area contributed by atoms with Gasteiger partial charge in [-0.3, -0.25) is 0 Å². The third-order valence-corrected chi connectivity index (χ3v) is 5.26. The van der Waals surface area contributed by atoms with E-state index in [-0.39, 0.29) is 0 Å². The summed E-state index contributed by atoms with van der Waals surface area (Å²) < 4.78 is 7.97. The van der Waals surface area contributed by atoms with Crippen LogP contribution in [-0.4, -0.2) is 46.8 Å². The second-order valence-electron chi connectivity index (χ2n) is 6.89. The second kappa shape index (κ2) is 8.93. The van der Waals surface area contributed by atoms with E-state index in [0.29, 0.717) is 24.5 Å². The highest BCUT2D eigenvalue weighted by Gasteiger charge is 2.20. The van der Waals surface area contributed by atoms with Gasteiger partial charge in [0.05, 0.1) is 5.56 Å². The number of carboxylic acid groups (broad SMARTS) is 1. The molecule has 0 atom stereocenters. The zero-order valence-corrected chi connectivity index (χ0v) is 16.8. The Morgan fingerprint density at radius 1 is 1.11 bits per heavy atom. The molecule has 0 bridgehead atoms. The Bertz CT molecular complexity index is 943. The van der Waals surface area contributed by atoms with Crippen molar-refractivity contribution in [1.82, 2.24) is 9.47 Å². The number of ether oxygens (including phenoxy) is 1. The van der Waals surface area contributed by atoms with Crippen molar-refractivity contribution in [2.75, 3.05) is 26.2 Å². The Kier molecular flexibility index (Phi) is 6.37. The van der Waals surface area contributed by atoms with Gasteiger partial charge in [0.1, 0.15) is 12.4 Å². The van der Waals surface area contributed by atoms with Gasteiger partial charge in [0.2, 0.25) is 0 Å². The molecule has 0 unspecified atom stereocenters. The average molecular weight is 380 g/mol. The van der Waals surface area contributed by atoms with E-state index in [1.165, 1.54) is 0 Å². The number of rotatable bonds is 9. The van der Waals surface area contributed by atoms with Gasteiger partial charge in [0.15, 0.2) is 0 Å². The van der Waals surface area contributed by atoms with E-state index >= 15 is 0 Å². The second-order valence-corrected chi connectivity index (χ2v) is 6.89. The molecule has 0 spiro atoms. The first-order valence-electron chi connectivity index (χ1n) is 9.80. The van der Waals surface area contributed by atoms with E-state index < -0.39 is 5.97 Å². The quantitative estimate of drug-likeness (QED) is 0.597. The summed E-state index contributed by atoms with van der Waals surface area (Å²) in [5, 5.41) is 10.5. The van der Waals surface area contributed by atoms with Crippen molar-refractivity contribution >= 4 is 16.9 Å². The number of benzene rings is 2. The Morgan fingerprint density at radius 3 is 2.46 bits per heavy atom. The topological polar surface area (TPSA) is 54.7 Å². The number of fused-ring (bicyclic) bond motifs is 1. The molecule has 5 nitrogen and oxygen atoms in total. The molecule has 0 fully saturated rings. The van der Waals surface area contributed by atoms with Crippen molar-refractivity contribution in [2.45, 2.75) is 27.3 Å². The highest BCUT2D eigenvalue weighted by atomic mass is 16.5. The number of carbonyl (C=O) groups is 1. The molecule has 0 radical (unpaired) electrons. The van der Waals surface area contributed by atoms with Gasteiger partial charge in [-0.05, 0) is 43.8 Å². The molecule has 0 aliphatic rings. The SMILES string of the molecule is CCN(CC)CCOc1ccc2c(c1)c(C(=O)O)c(C)n2Cc1ccccc1. The van der Waals surface area contributed by atoms with Gasteiger partial charge in [-0.2, -0.15) is 0 Å². The molecule has 0 aliphatic carbocycles. The molecule has 28 heavy (non-hydrogen) atoms. The van der Waals surface area contributed by atoms with Crippen molar-refractivity contribution < 1.29 is 14.6 Å². The van der Waals surface area contributed by atoms with Crippen LogP contribution in [0.15, 0.2) is 48.5 Å². The summed E-state index contributed by atoms with van der Waals surface area (Å²) in [6, 6.07) is 15.8. The first-order valence-corrected chi connectivity index (χ1v) is 9.80. The van der Waals surface area contributed by atoms with E-state index in [1.807, 2.05) is 43.3 Å². The fourth-order valence-corrected chi connectivity index (χ4v) is 3.62. The fourth-order valence-electron chi connectivity index (χ4n) is 3.62. The van der Waals surface area contributed by atoms with Crippen LogP contribution >= 0.6 is 0 Å². The maximum Gasteiger partial charge on any atom is 0.338 e. The molecular formula is C23H28N2O3. The highest BCUT2D eigenvalue weighted by molar-refractivity contribution is 6.05. The largest absolute Gasteiger partial charge is 0.492 e. The van der Waals surface area contributed by atoms with Gasteiger partial charge in [-0.15, -0.1) is 0 Å². The number of nitrogens with zero attached hydrogens (tertiary/aromatic N) is 2. The van der Waals surface area contributed by atoms with E-state index in [9.17, 15) is 9.90 Å². The maximum atomic E-state index is 11.9. The Morgan fingerprint density at radius 2 is 1.82 bits per heavy atom. The van der Waals surface area contributed by atoms with Crippen molar-refractivity contribution in [2.24, 2.45) is 0 Å². The van der Waals surface area contributed by atoms with E-state index in [4.69, 9.17) is 4.74 Å². The molecule has 0 saturated heterocycles. The molecule has 0 amide bonds. The van der Waals surface area contributed by atoms with Crippen molar-refractivity contribution in [3.8, 4) is 5.75 Å².